The highest BCUT2D eigenvalue weighted by Gasteiger charge is 2.19. The van der Waals surface area contributed by atoms with Gasteiger partial charge in [-0.2, -0.15) is 5.10 Å². The van der Waals surface area contributed by atoms with Gasteiger partial charge in [0.25, 0.3) is 17.7 Å². The first-order valence-corrected chi connectivity index (χ1v) is 10.3. The zero-order valence-electron chi connectivity index (χ0n) is 17.9. The number of halogens is 1. The lowest BCUT2D eigenvalue weighted by atomic mass is 10.1. The molecule has 0 fully saturated rings. The molecule has 0 radical (unpaired) electrons. The average molecular weight is 457 g/mol. The molecule has 3 amide bonds. The largest absolute Gasteiger partial charge is 0.343 e. The number of amides is 3. The standard InChI is InChI=1S/C25H20FN5O3/c26-19-11-7-10-18(14-19)24(33)27-15-22(32)28-29-25(34)21-16-31(20-12-5-2-6-13-20)30-23(21)17-8-3-1-4-9-17/h1-14,16H,15H2,(H,27,33)(H,28,32)(H,29,34). The van der Waals surface area contributed by atoms with Crippen molar-refractivity contribution in [1.29, 1.82) is 0 Å². The summed E-state index contributed by atoms with van der Waals surface area (Å²) in [5.41, 5.74) is 6.88. The quantitative estimate of drug-likeness (QED) is 0.387. The van der Waals surface area contributed by atoms with Crippen LogP contribution in [0.2, 0.25) is 0 Å². The number of hydrazine groups is 1. The summed E-state index contributed by atoms with van der Waals surface area (Å²) in [6.07, 6.45) is 1.57. The first-order chi connectivity index (χ1) is 16.5. The molecule has 9 heteroatoms. The van der Waals surface area contributed by atoms with Crippen molar-refractivity contribution in [3.63, 3.8) is 0 Å². The Kier molecular flexibility index (Phi) is 6.73. The normalized spacial score (nSPS) is 10.4. The molecule has 0 aliphatic rings. The van der Waals surface area contributed by atoms with Crippen LogP contribution in [-0.4, -0.2) is 34.0 Å². The van der Waals surface area contributed by atoms with E-state index in [4.69, 9.17) is 0 Å². The molecular formula is C25H20FN5O3. The minimum Gasteiger partial charge on any atom is -0.343 e. The van der Waals surface area contributed by atoms with Gasteiger partial charge in [0, 0.05) is 17.3 Å². The molecule has 0 bridgehead atoms. The smallest absolute Gasteiger partial charge is 0.273 e. The molecule has 34 heavy (non-hydrogen) atoms. The summed E-state index contributed by atoms with van der Waals surface area (Å²) in [6.45, 7) is -0.412. The Hall–Kier alpha value is -4.79. The maximum Gasteiger partial charge on any atom is 0.273 e. The lowest BCUT2D eigenvalue weighted by Crippen LogP contribution is -2.46. The van der Waals surface area contributed by atoms with Crippen LogP contribution in [0, 0.1) is 5.82 Å². The number of hydrogen-bond donors (Lipinski definition) is 3. The minimum atomic E-state index is -0.658. The van der Waals surface area contributed by atoms with Gasteiger partial charge in [0.05, 0.1) is 17.8 Å². The third-order valence-corrected chi connectivity index (χ3v) is 4.84. The van der Waals surface area contributed by atoms with Gasteiger partial charge in [-0.05, 0) is 30.3 Å². The van der Waals surface area contributed by atoms with Crippen LogP contribution in [0.15, 0.2) is 91.1 Å². The van der Waals surface area contributed by atoms with E-state index in [0.29, 0.717) is 5.69 Å². The van der Waals surface area contributed by atoms with Crippen molar-refractivity contribution in [2.45, 2.75) is 0 Å². The van der Waals surface area contributed by atoms with Crippen LogP contribution in [-0.2, 0) is 4.79 Å². The van der Waals surface area contributed by atoms with Gasteiger partial charge >= 0.3 is 0 Å². The number of para-hydroxylation sites is 1. The molecule has 0 aliphatic heterocycles. The number of carbonyl (C=O) groups is 3. The van der Waals surface area contributed by atoms with Gasteiger partial charge in [0.15, 0.2) is 0 Å². The van der Waals surface area contributed by atoms with E-state index in [9.17, 15) is 18.8 Å². The fourth-order valence-electron chi connectivity index (χ4n) is 3.19. The summed E-state index contributed by atoms with van der Waals surface area (Å²) in [7, 11) is 0. The van der Waals surface area contributed by atoms with Crippen molar-refractivity contribution in [3.8, 4) is 16.9 Å². The van der Waals surface area contributed by atoms with E-state index >= 15 is 0 Å². The van der Waals surface area contributed by atoms with Crippen LogP contribution in [0.4, 0.5) is 4.39 Å². The molecule has 3 N–H and O–H groups in total. The number of hydrogen-bond acceptors (Lipinski definition) is 4. The van der Waals surface area contributed by atoms with Crippen LogP contribution < -0.4 is 16.2 Å². The lowest BCUT2D eigenvalue weighted by molar-refractivity contribution is -0.120. The molecule has 0 unspecified atom stereocenters. The molecule has 3 aromatic carbocycles. The first kappa shape index (κ1) is 22.4. The van der Waals surface area contributed by atoms with Gasteiger partial charge in [-0.25, -0.2) is 9.07 Å². The Morgan fingerprint density at radius 2 is 1.53 bits per heavy atom. The van der Waals surface area contributed by atoms with Crippen molar-refractivity contribution < 1.29 is 18.8 Å². The number of nitrogens with zero attached hydrogens (tertiary/aromatic N) is 2. The molecule has 0 spiro atoms. The molecule has 170 valence electrons. The molecule has 1 aromatic heterocycles. The molecule has 4 rings (SSSR count). The van der Waals surface area contributed by atoms with E-state index in [1.165, 1.54) is 18.2 Å². The fourth-order valence-corrected chi connectivity index (χ4v) is 3.19. The van der Waals surface area contributed by atoms with Crippen LogP contribution in [0.1, 0.15) is 20.7 Å². The van der Waals surface area contributed by atoms with Gasteiger partial charge in [-0.1, -0.05) is 54.6 Å². The SMILES string of the molecule is O=C(CNC(=O)c1cccc(F)c1)NNC(=O)c1cn(-c2ccccc2)nc1-c1ccccc1. The third kappa shape index (κ3) is 5.33. The molecule has 0 saturated heterocycles. The van der Waals surface area contributed by atoms with Gasteiger partial charge in [0.1, 0.15) is 11.5 Å². The number of nitrogens with one attached hydrogen (secondary N) is 3. The molecule has 4 aromatic rings. The van der Waals surface area contributed by atoms with E-state index < -0.39 is 30.1 Å². The van der Waals surface area contributed by atoms with E-state index in [1.54, 1.807) is 10.9 Å². The lowest BCUT2D eigenvalue weighted by Gasteiger charge is -2.09. The van der Waals surface area contributed by atoms with Gasteiger partial charge in [-0.15, -0.1) is 0 Å². The van der Waals surface area contributed by atoms with Crippen molar-refractivity contribution in [2.75, 3.05) is 6.54 Å². The molecule has 1 heterocycles. The second kappa shape index (κ2) is 10.2. The minimum absolute atomic E-state index is 0.0812. The molecule has 0 atom stereocenters. The van der Waals surface area contributed by atoms with Gasteiger partial charge in [0.2, 0.25) is 0 Å². The van der Waals surface area contributed by atoms with Crippen LogP contribution in [0.3, 0.4) is 0 Å². The average Bonchev–Trinajstić information content (AvgIpc) is 3.32. The molecule has 0 aliphatic carbocycles. The summed E-state index contributed by atoms with van der Waals surface area (Å²) < 4.78 is 14.8. The summed E-state index contributed by atoms with van der Waals surface area (Å²) in [5, 5.41) is 6.92. The topological polar surface area (TPSA) is 105 Å². The highest BCUT2D eigenvalue weighted by atomic mass is 19.1. The Morgan fingerprint density at radius 3 is 2.24 bits per heavy atom. The van der Waals surface area contributed by atoms with Crippen molar-refractivity contribution in [3.05, 3.63) is 108 Å². The highest BCUT2D eigenvalue weighted by Crippen LogP contribution is 2.23. The Morgan fingerprint density at radius 1 is 0.824 bits per heavy atom. The molecule has 8 nitrogen and oxygen atoms in total. The van der Waals surface area contributed by atoms with E-state index in [2.05, 4.69) is 21.3 Å². The molecular weight excluding hydrogens is 437 g/mol. The summed E-state index contributed by atoms with van der Waals surface area (Å²) in [4.78, 5) is 37.0. The number of carbonyl (C=O) groups excluding carboxylic acids is 3. The number of benzene rings is 3. The van der Waals surface area contributed by atoms with Gasteiger partial charge < -0.3 is 5.32 Å². The van der Waals surface area contributed by atoms with Crippen LogP contribution in [0.5, 0.6) is 0 Å². The van der Waals surface area contributed by atoms with Crippen molar-refractivity contribution >= 4 is 17.7 Å². The van der Waals surface area contributed by atoms with Crippen molar-refractivity contribution in [1.82, 2.24) is 25.9 Å². The predicted molar refractivity (Wildman–Crippen MR) is 123 cm³/mol. The van der Waals surface area contributed by atoms with Crippen LogP contribution in [0.25, 0.3) is 16.9 Å². The summed E-state index contributed by atoms with van der Waals surface area (Å²) in [5.74, 6) is -2.41. The molecule has 0 saturated carbocycles. The van der Waals surface area contributed by atoms with Crippen LogP contribution >= 0.6 is 0 Å². The maximum atomic E-state index is 13.2. The first-order valence-electron chi connectivity index (χ1n) is 10.3. The zero-order chi connectivity index (χ0) is 23.9. The van der Waals surface area contributed by atoms with Crippen molar-refractivity contribution in [2.24, 2.45) is 0 Å². The summed E-state index contributed by atoms with van der Waals surface area (Å²) in [6, 6.07) is 23.6. The Balaban J connectivity index is 1.43. The summed E-state index contributed by atoms with van der Waals surface area (Å²) >= 11 is 0. The monoisotopic (exact) mass is 457 g/mol. The fraction of sp³-hybridized carbons (Fsp3) is 0.0400. The third-order valence-electron chi connectivity index (χ3n) is 4.84. The zero-order valence-corrected chi connectivity index (χ0v) is 17.9. The number of rotatable bonds is 6. The Labute approximate surface area is 194 Å². The Bertz CT molecular complexity index is 1320. The van der Waals surface area contributed by atoms with E-state index in [-0.39, 0.29) is 11.1 Å². The second-order valence-corrected chi connectivity index (χ2v) is 7.23. The predicted octanol–water partition coefficient (Wildman–Crippen LogP) is 2.87. The second-order valence-electron chi connectivity index (χ2n) is 7.23. The van der Waals surface area contributed by atoms with E-state index in [0.717, 1.165) is 17.3 Å². The van der Waals surface area contributed by atoms with E-state index in [1.807, 2.05) is 60.7 Å². The maximum absolute atomic E-state index is 13.2. The highest BCUT2D eigenvalue weighted by molar-refractivity contribution is 6.01. The number of aromatic nitrogens is 2. The van der Waals surface area contributed by atoms with Gasteiger partial charge in [-0.3, -0.25) is 25.2 Å².